The van der Waals surface area contributed by atoms with Crippen molar-refractivity contribution in [3.05, 3.63) is 54.9 Å². The van der Waals surface area contributed by atoms with Gasteiger partial charge >= 0.3 is 0 Å². The second kappa shape index (κ2) is 7.92. The van der Waals surface area contributed by atoms with Gasteiger partial charge in [0, 0.05) is 24.7 Å². The number of alkyl halides is 1. The molecule has 0 aliphatic carbocycles. The highest BCUT2D eigenvalue weighted by Gasteiger charge is 2.40. The van der Waals surface area contributed by atoms with Gasteiger partial charge in [0.1, 0.15) is 11.9 Å². The number of phenolic OH excluding ortho intramolecular Hbond substituents is 1. The average molecular weight is 421 g/mol. The first kappa shape index (κ1) is 19.4. The van der Waals surface area contributed by atoms with Crippen LogP contribution in [-0.2, 0) is 0 Å². The Hall–Kier alpha value is -3.59. The molecule has 8 nitrogen and oxygen atoms in total. The zero-order valence-corrected chi connectivity index (χ0v) is 16.6. The number of nitrogens with one attached hydrogen (secondary N) is 1. The Kier molecular flexibility index (Phi) is 4.95. The first-order valence-corrected chi connectivity index (χ1v) is 9.89. The summed E-state index contributed by atoms with van der Waals surface area (Å²) in [5, 5.41) is 21.7. The number of hydrogen-bond donors (Lipinski definition) is 2. The maximum Gasteiger partial charge on any atom is 0.252 e. The molecule has 2 aromatic heterocycles. The number of rotatable bonds is 5. The minimum atomic E-state index is -1.17. The molecule has 4 atom stereocenters. The van der Waals surface area contributed by atoms with Crippen molar-refractivity contribution in [1.29, 1.82) is 0 Å². The highest BCUT2D eigenvalue weighted by atomic mass is 19.1. The van der Waals surface area contributed by atoms with Crippen LogP contribution in [0.25, 0.3) is 22.5 Å². The predicted octanol–water partition coefficient (Wildman–Crippen LogP) is 2.70. The van der Waals surface area contributed by atoms with Gasteiger partial charge in [-0.05, 0) is 29.3 Å². The first-order chi connectivity index (χ1) is 15.1. The van der Waals surface area contributed by atoms with E-state index in [4.69, 9.17) is 9.47 Å². The van der Waals surface area contributed by atoms with Gasteiger partial charge in [0.05, 0.1) is 24.9 Å². The third kappa shape index (κ3) is 3.79. The molecule has 0 unspecified atom stereocenters. The van der Waals surface area contributed by atoms with Crippen LogP contribution in [0, 0.1) is 0 Å². The zero-order chi connectivity index (χ0) is 21.4. The molecule has 3 aromatic rings. The summed E-state index contributed by atoms with van der Waals surface area (Å²) >= 11 is 0. The molecule has 0 amide bonds. The quantitative estimate of drug-likeness (QED) is 0.607. The number of aromatic nitrogens is 4. The monoisotopic (exact) mass is 421 g/mol. The molecule has 31 heavy (non-hydrogen) atoms. The number of fused-ring (bicyclic) bond motifs is 2. The first-order valence-electron chi connectivity index (χ1n) is 9.89. The van der Waals surface area contributed by atoms with Crippen LogP contribution in [0.5, 0.6) is 17.5 Å². The minimum absolute atomic E-state index is 0.00794. The number of halogens is 1. The molecule has 158 valence electrons. The molecule has 0 spiro atoms. The number of phenols is 1. The van der Waals surface area contributed by atoms with Crippen molar-refractivity contribution in [3.8, 4) is 40.0 Å². The predicted molar refractivity (Wildman–Crippen MR) is 110 cm³/mol. The van der Waals surface area contributed by atoms with Gasteiger partial charge in [0.25, 0.3) is 5.88 Å². The van der Waals surface area contributed by atoms with Gasteiger partial charge in [0.15, 0.2) is 12.0 Å². The third-order valence-electron chi connectivity index (χ3n) is 5.47. The van der Waals surface area contributed by atoms with Crippen molar-refractivity contribution in [1.82, 2.24) is 25.5 Å². The Bertz CT molecular complexity index is 1120. The Morgan fingerprint density at radius 3 is 2.71 bits per heavy atom. The van der Waals surface area contributed by atoms with Gasteiger partial charge in [-0.25, -0.2) is 14.4 Å². The number of piperidine rings is 1. The van der Waals surface area contributed by atoms with E-state index < -0.39 is 12.3 Å². The summed E-state index contributed by atoms with van der Waals surface area (Å²) in [6.07, 6.45) is 5.56. The van der Waals surface area contributed by atoms with Gasteiger partial charge in [-0.2, -0.15) is 0 Å². The Labute approximate surface area is 177 Å². The van der Waals surface area contributed by atoms with Crippen LogP contribution in [-0.4, -0.2) is 56.7 Å². The lowest BCUT2D eigenvalue weighted by Crippen LogP contribution is -2.52. The van der Waals surface area contributed by atoms with Gasteiger partial charge in [0.2, 0.25) is 5.88 Å². The van der Waals surface area contributed by atoms with Crippen molar-refractivity contribution in [2.75, 3.05) is 7.11 Å². The van der Waals surface area contributed by atoms with Gasteiger partial charge in [-0.15, -0.1) is 10.2 Å². The lowest BCUT2D eigenvalue weighted by molar-refractivity contribution is 0.0472. The molecule has 5 rings (SSSR count). The fraction of sp³-hybridized carbons (Fsp3) is 0.273. The van der Waals surface area contributed by atoms with Crippen molar-refractivity contribution in [2.45, 2.75) is 30.8 Å². The number of ether oxygens (including phenoxy) is 2. The van der Waals surface area contributed by atoms with E-state index in [-0.39, 0.29) is 29.5 Å². The zero-order valence-electron chi connectivity index (χ0n) is 16.6. The van der Waals surface area contributed by atoms with Gasteiger partial charge in [-0.1, -0.05) is 18.2 Å². The number of methoxy groups -OCH3 is 1. The molecule has 4 heterocycles. The fourth-order valence-corrected chi connectivity index (χ4v) is 3.88. The van der Waals surface area contributed by atoms with E-state index in [1.54, 1.807) is 31.5 Å². The minimum Gasteiger partial charge on any atom is -0.507 e. The van der Waals surface area contributed by atoms with Crippen molar-refractivity contribution < 1.29 is 19.0 Å². The molecule has 0 radical (unpaired) electrons. The standard InChI is InChI=1S/C22H20FN5O3/c1-30-19-9-13(6-7-24-19)12-2-4-15(17(29)8-12)22-25-11-20(27-28-22)31-18-10-14-3-5-16(26-14)21(18)23/h2-9,11,14,16,18,21,26,29H,10H2,1H3/t14-,16+,18-,21+/m1/s1. The van der Waals surface area contributed by atoms with Crippen LogP contribution in [0.2, 0.25) is 0 Å². The summed E-state index contributed by atoms with van der Waals surface area (Å²) in [7, 11) is 1.55. The molecule has 0 saturated carbocycles. The molecular weight excluding hydrogens is 401 g/mol. The van der Waals surface area contributed by atoms with E-state index in [0.29, 0.717) is 17.9 Å². The molecule has 1 aromatic carbocycles. The molecule has 1 saturated heterocycles. The maximum atomic E-state index is 14.5. The molecule has 1 fully saturated rings. The van der Waals surface area contributed by atoms with Crippen LogP contribution in [0.3, 0.4) is 0 Å². The van der Waals surface area contributed by atoms with E-state index in [1.807, 2.05) is 24.3 Å². The summed E-state index contributed by atoms with van der Waals surface area (Å²) in [6, 6.07) is 8.54. The molecule has 2 bridgehead atoms. The fourth-order valence-electron chi connectivity index (χ4n) is 3.88. The number of benzene rings is 1. The summed E-state index contributed by atoms with van der Waals surface area (Å²) in [5.41, 5.74) is 2.07. The van der Waals surface area contributed by atoms with E-state index in [0.717, 1.165) is 11.1 Å². The smallest absolute Gasteiger partial charge is 0.252 e. The molecule has 2 aliphatic rings. The van der Waals surface area contributed by atoms with E-state index in [1.165, 1.54) is 6.20 Å². The highest BCUT2D eigenvalue weighted by Crippen LogP contribution is 2.33. The van der Waals surface area contributed by atoms with Crippen LogP contribution in [0.1, 0.15) is 6.42 Å². The molecule has 2 aliphatic heterocycles. The SMILES string of the molecule is COc1cc(-c2ccc(-c3ncc(O[C@@H]4C[C@H]5C=C[C@H](N5)[C@@H]4F)nn3)c(O)c2)ccn1. The Morgan fingerprint density at radius 2 is 1.94 bits per heavy atom. The molecular formula is C22H20FN5O3. The van der Waals surface area contributed by atoms with Crippen LogP contribution in [0.4, 0.5) is 4.39 Å². The van der Waals surface area contributed by atoms with Gasteiger partial charge in [-0.3, -0.25) is 0 Å². The van der Waals surface area contributed by atoms with Crippen molar-refractivity contribution >= 4 is 0 Å². The number of aromatic hydroxyl groups is 1. The summed E-state index contributed by atoms with van der Waals surface area (Å²) in [4.78, 5) is 8.32. The largest absolute Gasteiger partial charge is 0.507 e. The lowest BCUT2D eigenvalue weighted by atomic mass is 9.99. The average Bonchev–Trinajstić information content (AvgIpc) is 3.21. The molecule has 9 heteroatoms. The third-order valence-corrected chi connectivity index (χ3v) is 5.47. The maximum absolute atomic E-state index is 14.5. The topological polar surface area (TPSA) is 102 Å². The van der Waals surface area contributed by atoms with Crippen LogP contribution in [0.15, 0.2) is 54.9 Å². The Morgan fingerprint density at radius 1 is 1.06 bits per heavy atom. The highest BCUT2D eigenvalue weighted by molar-refractivity contribution is 5.73. The normalized spacial score (nSPS) is 24.2. The van der Waals surface area contributed by atoms with Gasteiger partial charge < -0.3 is 19.9 Å². The van der Waals surface area contributed by atoms with E-state index >= 15 is 0 Å². The summed E-state index contributed by atoms with van der Waals surface area (Å²) in [6.45, 7) is 0. The number of pyridine rings is 1. The van der Waals surface area contributed by atoms with E-state index in [2.05, 4.69) is 25.5 Å². The van der Waals surface area contributed by atoms with Crippen molar-refractivity contribution in [2.24, 2.45) is 0 Å². The summed E-state index contributed by atoms with van der Waals surface area (Å²) < 4.78 is 25.3. The summed E-state index contributed by atoms with van der Waals surface area (Å²) in [5.74, 6) is 0.885. The van der Waals surface area contributed by atoms with Crippen LogP contribution >= 0.6 is 0 Å². The second-order valence-electron chi connectivity index (χ2n) is 7.46. The van der Waals surface area contributed by atoms with E-state index in [9.17, 15) is 9.50 Å². The lowest BCUT2D eigenvalue weighted by Gasteiger charge is -2.32. The van der Waals surface area contributed by atoms with Crippen molar-refractivity contribution in [3.63, 3.8) is 0 Å². The second-order valence-corrected chi connectivity index (χ2v) is 7.46. The Balaban J connectivity index is 1.32. The number of nitrogens with zero attached hydrogens (tertiary/aromatic N) is 4. The number of hydrogen-bond acceptors (Lipinski definition) is 8. The molecule has 2 N–H and O–H groups in total. The van der Waals surface area contributed by atoms with Crippen LogP contribution < -0.4 is 14.8 Å².